The lowest BCUT2D eigenvalue weighted by atomic mass is 9.88. The molecule has 178 valence electrons. The Labute approximate surface area is 204 Å². The summed E-state index contributed by atoms with van der Waals surface area (Å²) in [7, 11) is 0. The Morgan fingerprint density at radius 3 is 2.32 bits per heavy atom. The molecule has 7 heteroatoms. The number of ether oxygens (including phenoxy) is 1. The molecule has 1 aliphatic rings. The van der Waals surface area contributed by atoms with E-state index in [0.717, 1.165) is 48.0 Å². The molecule has 1 atom stereocenters. The fraction of sp³-hybridized carbons (Fsp3) is 0.370. The molecule has 1 aromatic heterocycles. The van der Waals surface area contributed by atoms with Gasteiger partial charge in [-0.3, -0.25) is 4.79 Å². The van der Waals surface area contributed by atoms with Crippen LogP contribution in [0, 0.1) is 6.92 Å². The zero-order chi connectivity index (χ0) is 24.6. The number of pyridine rings is 1. The van der Waals surface area contributed by atoms with Crippen LogP contribution in [-0.4, -0.2) is 45.6 Å². The zero-order valence-corrected chi connectivity index (χ0v) is 20.6. The molecule has 0 bridgehead atoms. The molecule has 0 unspecified atom stereocenters. The van der Waals surface area contributed by atoms with E-state index in [2.05, 4.69) is 0 Å². The number of hydrogen-bond donors (Lipinski definition) is 1. The molecular weight excluding hydrogens is 452 g/mol. The fourth-order valence-electron chi connectivity index (χ4n) is 4.47. The van der Waals surface area contributed by atoms with E-state index in [4.69, 9.17) is 21.3 Å². The number of rotatable bonds is 5. The van der Waals surface area contributed by atoms with Crippen molar-refractivity contribution in [3.8, 4) is 11.1 Å². The summed E-state index contributed by atoms with van der Waals surface area (Å²) in [5.74, 6) is -1.14. The van der Waals surface area contributed by atoms with Crippen LogP contribution in [0.2, 0.25) is 5.02 Å². The van der Waals surface area contributed by atoms with Gasteiger partial charge in [0.25, 0.3) is 5.91 Å². The van der Waals surface area contributed by atoms with E-state index in [1.807, 2.05) is 56.9 Å². The van der Waals surface area contributed by atoms with Crippen LogP contribution < -0.4 is 0 Å². The molecule has 1 saturated heterocycles. The van der Waals surface area contributed by atoms with Crippen LogP contribution in [0.1, 0.15) is 61.3 Å². The molecule has 2 aromatic carbocycles. The third-order valence-electron chi connectivity index (χ3n) is 5.94. The van der Waals surface area contributed by atoms with Crippen LogP contribution in [0.3, 0.4) is 0 Å². The minimum absolute atomic E-state index is 0.0753. The predicted octanol–water partition coefficient (Wildman–Crippen LogP) is 6.04. The number of carboxylic acids is 1. The summed E-state index contributed by atoms with van der Waals surface area (Å²) in [5, 5.41) is 11.5. The quantitative estimate of drug-likeness (QED) is 0.481. The monoisotopic (exact) mass is 480 g/mol. The van der Waals surface area contributed by atoms with Gasteiger partial charge in [-0.1, -0.05) is 23.7 Å². The molecule has 0 aliphatic carbocycles. The second kappa shape index (κ2) is 9.35. The maximum atomic E-state index is 12.9. The summed E-state index contributed by atoms with van der Waals surface area (Å²) in [6.07, 6.45) is 0.834. The van der Waals surface area contributed by atoms with Crippen molar-refractivity contribution in [1.29, 1.82) is 0 Å². The largest absolute Gasteiger partial charge is 0.479 e. The average molecular weight is 481 g/mol. The van der Waals surface area contributed by atoms with Crippen molar-refractivity contribution >= 4 is 34.4 Å². The number of aliphatic carboxylic acids is 1. The Morgan fingerprint density at radius 1 is 1.09 bits per heavy atom. The molecule has 0 saturated carbocycles. The molecule has 0 radical (unpaired) electrons. The molecule has 1 aliphatic heterocycles. The van der Waals surface area contributed by atoms with Crippen molar-refractivity contribution in [1.82, 2.24) is 9.88 Å². The van der Waals surface area contributed by atoms with E-state index in [1.54, 1.807) is 18.2 Å². The van der Waals surface area contributed by atoms with Crippen LogP contribution in [0.5, 0.6) is 0 Å². The van der Waals surface area contributed by atoms with E-state index < -0.39 is 17.7 Å². The first-order chi connectivity index (χ1) is 16.0. The summed E-state index contributed by atoms with van der Waals surface area (Å²) < 4.78 is 6.02. The number of nitrogens with zero attached hydrogens (tertiary/aromatic N) is 2. The van der Waals surface area contributed by atoms with Gasteiger partial charge in [-0.05, 0) is 87.6 Å². The van der Waals surface area contributed by atoms with Gasteiger partial charge in [0.1, 0.15) is 5.69 Å². The standard InChI is InChI=1S/C27H29ClN2O4/c1-16-15-21-19(11-12-20(29-21)25(31)30-13-5-6-14-30)23(17-7-9-18(28)10-8-17)22(16)24(26(32)33)34-27(2,3)4/h7-12,15,24H,5-6,13-14H2,1-4H3,(H,32,33)/t24-/m0/s1. The molecule has 6 nitrogen and oxygen atoms in total. The number of carbonyl (C=O) groups excluding carboxylic acids is 1. The van der Waals surface area contributed by atoms with Crippen molar-refractivity contribution in [3.05, 3.63) is 64.3 Å². The second-order valence-corrected chi connectivity index (χ2v) is 10.1. The Balaban J connectivity index is 1.95. The van der Waals surface area contributed by atoms with Gasteiger partial charge < -0.3 is 14.7 Å². The van der Waals surface area contributed by atoms with Gasteiger partial charge in [0, 0.05) is 29.1 Å². The Kier molecular flexibility index (Phi) is 6.65. The Morgan fingerprint density at radius 2 is 1.74 bits per heavy atom. The van der Waals surface area contributed by atoms with E-state index in [1.165, 1.54) is 0 Å². The number of halogens is 1. The second-order valence-electron chi connectivity index (χ2n) is 9.70. The third-order valence-corrected chi connectivity index (χ3v) is 6.20. The minimum Gasteiger partial charge on any atom is -0.479 e. The van der Waals surface area contributed by atoms with Gasteiger partial charge in [0.05, 0.1) is 11.1 Å². The normalized spacial score (nSPS) is 15.0. The first-order valence-corrected chi connectivity index (χ1v) is 11.8. The molecule has 1 fully saturated rings. The predicted molar refractivity (Wildman–Crippen MR) is 133 cm³/mol. The van der Waals surface area contributed by atoms with Crippen LogP contribution in [0.4, 0.5) is 0 Å². The molecular formula is C27H29ClN2O4. The van der Waals surface area contributed by atoms with E-state index in [9.17, 15) is 14.7 Å². The Bertz CT molecular complexity index is 1240. The van der Waals surface area contributed by atoms with Gasteiger partial charge in [-0.2, -0.15) is 0 Å². The molecule has 2 heterocycles. The lowest BCUT2D eigenvalue weighted by molar-refractivity contribution is -0.160. The maximum Gasteiger partial charge on any atom is 0.337 e. The SMILES string of the molecule is Cc1cc2nc(C(=O)N3CCCC3)ccc2c(-c2ccc(Cl)cc2)c1[C@H](OC(C)(C)C)C(=O)O. The van der Waals surface area contributed by atoms with Crippen molar-refractivity contribution in [3.63, 3.8) is 0 Å². The van der Waals surface area contributed by atoms with Crippen molar-refractivity contribution < 1.29 is 19.4 Å². The summed E-state index contributed by atoms with van der Waals surface area (Å²) >= 11 is 6.13. The molecule has 1 amide bonds. The molecule has 0 spiro atoms. The first-order valence-electron chi connectivity index (χ1n) is 11.5. The highest BCUT2D eigenvalue weighted by molar-refractivity contribution is 6.30. The number of fused-ring (bicyclic) bond motifs is 1. The highest BCUT2D eigenvalue weighted by Gasteiger charge is 2.32. The smallest absolute Gasteiger partial charge is 0.337 e. The van der Waals surface area contributed by atoms with Crippen LogP contribution in [-0.2, 0) is 9.53 Å². The number of hydrogen-bond acceptors (Lipinski definition) is 4. The lowest BCUT2D eigenvalue weighted by Crippen LogP contribution is -2.29. The number of amides is 1. The van der Waals surface area contributed by atoms with Crippen molar-refractivity contribution in [2.75, 3.05) is 13.1 Å². The highest BCUT2D eigenvalue weighted by Crippen LogP contribution is 2.40. The number of aryl methyl sites for hydroxylation is 1. The van der Waals surface area contributed by atoms with Crippen molar-refractivity contribution in [2.24, 2.45) is 0 Å². The van der Waals surface area contributed by atoms with Crippen LogP contribution in [0.25, 0.3) is 22.0 Å². The minimum atomic E-state index is -1.18. The summed E-state index contributed by atoms with van der Waals surface area (Å²) in [5.41, 5.74) is 3.17. The number of carboxylic acid groups (broad SMARTS) is 1. The van der Waals surface area contributed by atoms with E-state index >= 15 is 0 Å². The molecule has 3 aromatic rings. The van der Waals surface area contributed by atoms with Gasteiger partial charge in [-0.15, -0.1) is 0 Å². The van der Waals surface area contributed by atoms with Crippen molar-refractivity contribution in [2.45, 2.75) is 52.2 Å². The number of benzene rings is 2. The number of likely N-dealkylation sites (tertiary alicyclic amines) is 1. The molecule has 1 N–H and O–H groups in total. The Hall–Kier alpha value is -2.96. The average Bonchev–Trinajstić information content (AvgIpc) is 3.31. The number of aromatic nitrogens is 1. The van der Waals surface area contributed by atoms with E-state index in [-0.39, 0.29) is 5.91 Å². The summed E-state index contributed by atoms with van der Waals surface area (Å²) in [6.45, 7) is 8.85. The van der Waals surface area contributed by atoms with Crippen LogP contribution in [0.15, 0.2) is 42.5 Å². The summed E-state index contributed by atoms with van der Waals surface area (Å²) in [4.78, 5) is 31.8. The van der Waals surface area contributed by atoms with E-state index in [0.29, 0.717) is 21.8 Å². The fourth-order valence-corrected chi connectivity index (χ4v) is 4.60. The highest BCUT2D eigenvalue weighted by atomic mass is 35.5. The van der Waals surface area contributed by atoms with Gasteiger partial charge in [0.2, 0.25) is 0 Å². The summed E-state index contributed by atoms with van der Waals surface area (Å²) in [6, 6.07) is 12.7. The number of carbonyl (C=O) groups is 2. The zero-order valence-electron chi connectivity index (χ0n) is 19.9. The lowest BCUT2D eigenvalue weighted by Gasteiger charge is -2.28. The van der Waals surface area contributed by atoms with Crippen LogP contribution >= 0.6 is 11.6 Å². The molecule has 34 heavy (non-hydrogen) atoms. The van der Waals surface area contributed by atoms with Gasteiger partial charge in [0.15, 0.2) is 6.10 Å². The van der Waals surface area contributed by atoms with Gasteiger partial charge in [-0.25, -0.2) is 9.78 Å². The third kappa shape index (κ3) is 4.93. The van der Waals surface area contributed by atoms with Gasteiger partial charge >= 0.3 is 5.97 Å². The maximum absolute atomic E-state index is 12.9. The first kappa shape index (κ1) is 24.2. The topological polar surface area (TPSA) is 79.7 Å². The molecule has 4 rings (SSSR count).